The molecule has 20 heavy (non-hydrogen) atoms. The van der Waals surface area contributed by atoms with Crippen molar-refractivity contribution in [2.24, 2.45) is 0 Å². The Bertz CT molecular complexity index is 576. The molecule has 2 heteroatoms. The van der Waals surface area contributed by atoms with E-state index in [0.29, 0.717) is 5.57 Å². The van der Waals surface area contributed by atoms with Gasteiger partial charge in [0.25, 0.3) is 0 Å². The summed E-state index contributed by atoms with van der Waals surface area (Å²) < 4.78 is 0. The van der Waals surface area contributed by atoms with E-state index in [1.54, 1.807) is 0 Å². The average Bonchev–Trinajstić information content (AvgIpc) is 2.42. The van der Waals surface area contributed by atoms with E-state index in [9.17, 15) is 5.11 Å². The van der Waals surface area contributed by atoms with E-state index in [1.165, 1.54) is 5.56 Å². The van der Waals surface area contributed by atoms with Gasteiger partial charge in [0, 0.05) is 62.5 Å². The fourth-order valence-corrected chi connectivity index (χ4v) is 1.86. The average molecular weight is 477 g/mol. The van der Waals surface area contributed by atoms with Crippen LogP contribution in [0, 0.1) is 74.7 Å². The van der Waals surface area contributed by atoms with Crippen molar-refractivity contribution in [1.29, 1.82) is 0 Å². The summed E-state index contributed by atoms with van der Waals surface area (Å²) in [5.74, 6) is 12.1. The Morgan fingerprint density at radius 3 is 2.45 bits per heavy atom. The summed E-state index contributed by atoms with van der Waals surface area (Å²) in [6, 6.07) is 8.17. The summed E-state index contributed by atoms with van der Waals surface area (Å²) in [4.78, 5) is 0. The molecule has 1 aliphatic carbocycles. The van der Waals surface area contributed by atoms with Crippen molar-refractivity contribution in [3.63, 3.8) is 0 Å². The predicted molar refractivity (Wildman–Crippen MR) is 79.2 cm³/mol. The van der Waals surface area contributed by atoms with E-state index in [2.05, 4.69) is 42.7 Å². The molecule has 0 fully saturated rings. The minimum atomic E-state index is -0.771. The molecule has 0 spiro atoms. The third-order valence-electron chi connectivity index (χ3n) is 3.02. The number of aliphatic hydroxyl groups excluding tert-OH is 1. The van der Waals surface area contributed by atoms with Crippen molar-refractivity contribution < 1.29 is 49.2 Å². The van der Waals surface area contributed by atoms with E-state index < -0.39 is 6.10 Å². The number of aliphatic hydroxyl groups is 1. The van der Waals surface area contributed by atoms with E-state index in [4.69, 9.17) is 0 Å². The van der Waals surface area contributed by atoms with Gasteiger partial charge in [0.05, 0.1) is 0 Å². The van der Waals surface area contributed by atoms with Crippen molar-refractivity contribution in [2.75, 3.05) is 0 Å². The summed E-state index contributed by atoms with van der Waals surface area (Å²) in [7, 11) is 0. The van der Waals surface area contributed by atoms with Crippen LogP contribution in [0.5, 0.6) is 0 Å². The zero-order chi connectivity index (χ0) is 13.5. The van der Waals surface area contributed by atoms with E-state index >= 15 is 0 Å². The van der Waals surface area contributed by atoms with Gasteiger partial charge in [-0.05, 0) is 31.4 Å². The molecule has 0 amide bonds. The van der Waals surface area contributed by atoms with Crippen LogP contribution < -0.4 is 0 Å². The van der Waals surface area contributed by atoms with Gasteiger partial charge >= 0.3 is 0 Å². The Morgan fingerprint density at radius 1 is 1.10 bits per heavy atom. The van der Waals surface area contributed by atoms with Gasteiger partial charge < -0.3 is 5.11 Å². The Balaban J connectivity index is 0.00000200. The Kier molecular flexibility index (Phi) is 8.26. The number of benzene rings is 1. The molecule has 1 radical (unpaired) electrons. The summed E-state index contributed by atoms with van der Waals surface area (Å²) >= 11 is 0. The zero-order valence-corrected chi connectivity index (χ0v) is 16.6. The molecule has 1 nitrogen and oxygen atoms in total. The molecule has 0 saturated carbocycles. The van der Waals surface area contributed by atoms with Gasteiger partial charge in [0.2, 0.25) is 0 Å². The monoisotopic (exact) mass is 477 g/mol. The molecular formula is C18H18AcO. The van der Waals surface area contributed by atoms with Gasteiger partial charge in [-0.3, -0.25) is 0 Å². The standard InChI is InChI=1S/C18H18O.Ac/c1-15-10-12-16(13-11-15)14-17-8-6-4-2-3-5-7-9-18(17)19;/h10-14,18-19H,2-5H2,1H3;/b17-14+;. The van der Waals surface area contributed by atoms with Crippen LogP contribution in [-0.2, 0) is 0 Å². The van der Waals surface area contributed by atoms with Gasteiger partial charge in [-0.25, -0.2) is 0 Å². The van der Waals surface area contributed by atoms with Crippen LogP contribution in [0.4, 0.5) is 0 Å². The van der Waals surface area contributed by atoms with Crippen LogP contribution in [0.15, 0.2) is 29.8 Å². The third-order valence-corrected chi connectivity index (χ3v) is 3.02. The molecule has 1 N–H and O–H groups in total. The fourth-order valence-electron chi connectivity index (χ4n) is 1.86. The number of aryl methyl sites for hydroxylation is 1. The second-order valence-electron chi connectivity index (χ2n) is 4.74. The molecule has 0 heterocycles. The van der Waals surface area contributed by atoms with Crippen LogP contribution in [0.2, 0.25) is 0 Å². The molecule has 1 aliphatic rings. The zero-order valence-electron chi connectivity index (χ0n) is 11.8. The Labute approximate surface area is 157 Å². The van der Waals surface area contributed by atoms with Crippen molar-refractivity contribution >= 4 is 6.08 Å². The van der Waals surface area contributed by atoms with Crippen molar-refractivity contribution in [1.82, 2.24) is 0 Å². The van der Waals surface area contributed by atoms with Crippen molar-refractivity contribution in [3.05, 3.63) is 41.0 Å². The van der Waals surface area contributed by atoms with Gasteiger partial charge in [0.1, 0.15) is 6.10 Å². The molecule has 2 rings (SSSR count). The smallest absolute Gasteiger partial charge is 0.147 e. The normalized spacial score (nSPS) is 19.9. The molecule has 1 aromatic carbocycles. The molecule has 1 aromatic rings. The maximum absolute atomic E-state index is 10.1. The first kappa shape index (κ1) is 17.5. The Hall–Kier alpha value is -0.518. The molecule has 99 valence electrons. The number of hydrogen-bond donors (Lipinski definition) is 1. The molecule has 1 atom stereocenters. The Morgan fingerprint density at radius 2 is 1.75 bits per heavy atom. The number of rotatable bonds is 1. The molecule has 0 aromatic heterocycles. The first-order valence-electron chi connectivity index (χ1n) is 6.69. The summed E-state index contributed by atoms with van der Waals surface area (Å²) in [6.07, 6.45) is 5.01. The molecular weight excluding hydrogens is 459 g/mol. The maximum atomic E-state index is 10.1. The second-order valence-corrected chi connectivity index (χ2v) is 4.74. The first-order valence-corrected chi connectivity index (χ1v) is 6.69. The van der Waals surface area contributed by atoms with Gasteiger partial charge in [0.15, 0.2) is 0 Å². The quantitative estimate of drug-likeness (QED) is 0.616. The minimum absolute atomic E-state index is 0. The first-order chi connectivity index (χ1) is 9.25. The van der Waals surface area contributed by atoms with Gasteiger partial charge in [-0.1, -0.05) is 47.6 Å². The fraction of sp³-hybridized carbons (Fsp3) is 0.333. The summed E-state index contributed by atoms with van der Waals surface area (Å²) in [5, 5.41) is 10.1. The second kappa shape index (κ2) is 9.42. The van der Waals surface area contributed by atoms with E-state index in [0.717, 1.165) is 31.2 Å². The summed E-state index contributed by atoms with van der Waals surface area (Å²) in [6.45, 7) is 2.06. The van der Waals surface area contributed by atoms with E-state index in [-0.39, 0.29) is 44.1 Å². The van der Waals surface area contributed by atoms with Crippen LogP contribution in [0.3, 0.4) is 0 Å². The molecule has 0 bridgehead atoms. The van der Waals surface area contributed by atoms with E-state index in [1.807, 2.05) is 18.2 Å². The minimum Gasteiger partial charge on any atom is -0.375 e. The van der Waals surface area contributed by atoms with Crippen molar-refractivity contribution in [2.45, 2.75) is 38.7 Å². The SMILES string of the molecule is Cc1ccc(/C=C2\C#CCCCCC#CC2O)cc1.[Ac]. The van der Waals surface area contributed by atoms with Crippen LogP contribution in [-0.4, -0.2) is 11.2 Å². The van der Waals surface area contributed by atoms with Crippen LogP contribution in [0.25, 0.3) is 6.08 Å². The van der Waals surface area contributed by atoms with Crippen LogP contribution in [0.1, 0.15) is 36.8 Å². The largest absolute Gasteiger partial charge is 0.375 e. The molecule has 0 aliphatic heterocycles. The third kappa shape index (κ3) is 5.85. The molecule has 0 saturated heterocycles. The number of hydrogen-bond acceptors (Lipinski definition) is 1. The van der Waals surface area contributed by atoms with Gasteiger partial charge in [-0.2, -0.15) is 0 Å². The predicted octanol–water partition coefficient (Wildman–Crippen LogP) is 3.32. The van der Waals surface area contributed by atoms with Gasteiger partial charge in [-0.15, -0.1) is 5.92 Å². The molecule has 1 unspecified atom stereocenters. The summed E-state index contributed by atoms with van der Waals surface area (Å²) in [5.41, 5.74) is 2.96. The van der Waals surface area contributed by atoms with Crippen molar-refractivity contribution in [3.8, 4) is 23.7 Å². The maximum Gasteiger partial charge on any atom is 0.147 e. The topological polar surface area (TPSA) is 20.2 Å². The van der Waals surface area contributed by atoms with Crippen LogP contribution >= 0.6 is 0 Å².